The van der Waals surface area contributed by atoms with Gasteiger partial charge < -0.3 is 9.30 Å². The van der Waals surface area contributed by atoms with Crippen LogP contribution in [0, 0.1) is 12.3 Å². The Morgan fingerprint density at radius 2 is 1.92 bits per heavy atom. The fraction of sp³-hybridized carbons (Fsp3) is 0.129. The van der Waals surface area contributed by atoms with Crippen molar-refractivity contribution in [3.8, 4) is 12.3 Å². The summed E-state index contributed by atoms with van der Waals surface area (Å²) in [6.45, 7) is 2.41. The van der Waals surface area contributed by atoms with E-state index in [2.05, 4.69) is 5.92 Å². The Morgan fingerprint density at radius 1 is 1.13 bits per heavy atom. The third kappa shape index (κ3) is 4.36. The van der Waals surface area contributed by atoms with Gasteiger partial charge in [0.2, 0.25) is 0 Å². The average Bonchev–Trinajstić information content (AvgIpc) is 3.68. The fourth-order valence-electron chi connectivity index (χ4n) is 4.92. The number of thiophene rings is 1. The lowest BCUT2D eigenvalue weighted by molar-refractivity contribution is -0.138. The monoisotopic (exact) mass is 549 g/mol. The van der Waals surface area contributed by atoms with Gasteiger partial charge in [0.25, 0.3) is 5.56 Å². The van der Waals surface area contributed by atoms with Crippen molar-refractivity contribution in [1.82, 2.24) is 9.13 Å². The Morgan fingerprint density at radius 3 is 2.67 bits per heavy atom. The SMILES string of the molecule is C#CCn1cc(/C=c2\sc3n(c2=O)[C@@H](c2cccs2)C(C(=O)OCC)=C(c2ccccc2)N=3)c2ccccc21. The standard InChI is InChI=1S/C31H23N3O3S2/c1-3-16-33-19-21(22-13-8-9-14-23(22)33)18-25-29(35)34-28(24-15-10-17-38-24)26(30(36)37-4-2)27(32-31(34)39-25)20-11-6-5-7-12-20/h1,5-15,17-19,28H,4,16H2,2H3/b25-18-/t28-/m0/s1. The highest BCUT2D eigenvalue weighted by atomic mass is 32.1. The van der Waals surface area contributed by atoms with Crippen molar-refractivity contribution in [1.29, 1.82) is 0 Å². The fourth-order valence-corrected chi connectivity index (χ4v) is 6.73. The second-order valence-electron chi connectivity index (χ2n) is 8.88. The molecule has 8 heteroatoms. The number of nitrogens with zero attached hydrogens (tertiary/aromatic N) is 3. The smallest absolute Gasteiger partial charge is 0.338 e. The third-order valence-electron chi connectivity index (χ3n) is 6.55. The lowest BCUT2D eigenvalue weighted by Crippen LogP contribution is -2.39. The molecule has 2 aromatic carbocycles. The van der Waals surface area contributed by atoms with Gasteiger partial charge in [0.1, 0.15) is 6.04 Å². The molecule has 1 aliphatic rings. The third-order valence-corrected chi connectivity index (χ3v) is 8.46. The molecule has 0 unspecified atom stereocenters. The minimum atomic E-state index is -0.652. The van der Waals surface area contributed by atoms with Gasteiger partial charge in [0.05, 0.1) is 29.0 Å². The van der Waals surface area contributed by atoms with Crippen LogP contribution in [0.15, 0.2) is 93.7 Å². The number of carbonyl (C=O) groups is 1. The van der Waals surface area contributed by atoms with E-state index < -0.39 is 12.0 Å². The zero-order chi connectivity index (χ0) is 26.9. The van der Waals surface area contributed by atoms with E-state index in [9.17, 15) is 9.59 Å². The van der Waals surface area contributed by atoms with Gasteiger partial charge in [-0.1, -0.05) is 71.9 Å². The van der Waals surface area contributed by atoms with Gasteiger partial charge in [0, 0.05) is 33.1 Å². The number of aromatic nitrogens is 2. The van der Waals surface area contributed by atoms with Crippen molar-refractivity contribution in [2.45, 2.75) is 19.5 Å². The first-order valence-electron chi connectivity index (χ1n) is 12.4. The number of ether oxygens (including phenoxy) is 1. The molecule has 0 saturated heterocycles. The van der Waals surface area contributed by atoms with Gasteiger partial charge >= 0.3 is 5.97 Å². The van der Waals surface area contributed by atoms with Gasteiger partial charge in [-0.3, -0.25) is 9.36 Å². The maximum Gasteiger partial charge on any atom is 0.338 e. The number of esters is 1. The summed E-state index contributed by atoms with van der Waals surface area (Å²) in [5.41, 5.74) is 3.35. The molecule has 0 saturated carbocycles. The van der Waals surface area contributed by atoms with Gasteiger partial charge in [-0.2, -0.15) is 0 Å². The van der Waals surface area contributed by atoms with E-state index in [0.29, 0.717) is 27.1 Å². The predicted molar refractivity (Wildman–Crippen MR) is 156 cm³/mol. The summed E-state index contributed by atoms with van der Waals surface area (Å²) in [4.78, 5) is 33.8. The molecular weight excluding hydrogens is 526 g/mol. The molecule has 0 spiro atoms. The van der Waals surface area contributed by atoms with Crippen molar-refractivity contribution in [3.05, 3.63) is 120 Å². The first-order valence-corrected chi connectivity index (χ1v) is 14.1. The van der Waals surface area contributed by atoms with Gasteiger partial charge in [-0.25, -0.2) is 9.79 Å². The van der Waals surface area contributed by atoms with E-state index in [4.69, 9.17) is 16.2 Å². The minimum Gasteiger partial charge on any atom is -0.463 e. The van der Waals surface area contributed by atoms with Crippen molar-refractivity contribution in [2.24, 2.45) is 4.99 Å². The topological polar surface area (TPSA) is 65.6 Å². The predicted octanol–water partition coefficient (Wildman–Crippen LogP) is 4.59. The Hall–Kier alpha value is -4.45. The number of para-hydroxylation sites is 1. The van der Waals surface area contributed by atoms with E-state index in [1.807, 2.05) is 89.0 Å². The molecule has 0 amide bonds. The van der Waals surface area contributed by atoms with Crippen LogP contribution >= 0.6 is 22.7 Å². The summed E-state index contributed by atoms with van der Waals surface area (Å²) < 4.78 is 9.65. The van der Waals surface area contributed by atoms with Crippen LogP contribution in [0.5, 0.6) is 0 Å². The van der Waals surface area contributed by atoms with Crippen molar-refractivity contribution < 1.29 is 9.53 Å². The summed E-state index contributed by atoms with van der Waals surface area (Å²) >= 11 is 2.80. The second-order valence-corrected chi connectivity index (χ2v) is 10.9. The van der Waals surface area contributed by atoms with E-state index in [1.54, 1.807) is 11.5 Å². The molecule has 6 nitrogen and oxygen atoms in total. The van der Waals surface area contributed by atoms with Crippen LogP contribution in [-0.4, -0.2) is 21.7 Å². The molecule has 6 rings (SSSR count). The first-order chi connectivity index (χ1) is 19.1. The van der Waals surface area contributed by atoms with Crippen LogP contribution in [0.3, 0.4) is 0 Å². The zero-order valence-electron chi connectivity index (χ0n) is 21.0. The Bertz CT molecular complexity index is 1950. The minimum absolute atomic E-state index is 0.208. The van der Waals surface area contributed by atoms with Crippen LogP contribution in [0.1, 0.15) is 29.0 Å². The van der Waals surface area contributed by atoms with E-state index in [1.165, 1.54) is 22.7 Å². The van der Waals surface area contributed by atoms with E-state index in [-0.39, 0.29) is 12.2 Å². The largest absolute Gasteiger partial charge is 0.463 e. The molecule has 39 heavy (non-hydrogen) atoms. The average molecular weight is 550 g/mol. The summed E-state index contributed by atoms with van der Waals surface area (Å²) in [7, 11) is 0. The molecule has 0 N–H and O–H groups in total. The number of carbonyl (C=O) groups excluding carboxylic acids is 1. The molecule has 0 radical (unpaired) electrons. The molecule has 5 aromatic rings. The quantitative estimate of drug-likeness (QED) is 0.230. The first kappa shape index (κ1) is 24.9. The molecule has 0 bridgehead atoms. The molecule has 192 valence electrons. The Kier molecular flexibility index (Phi) is 6.61. The summed E-state index contributed by atoms with van der Waals surface area (Å²) in [5, 5.41) is 2.95. The normalized spacial score (nSPS) is 15.2. The highest BCUT2D eigenvalue weighted by molar-refractivity contribution is 7.10. The Balaban J connectivity index is 1.63. The zero-order valence-corrected chi connectivity index (χ0v) is 22.7. The summed E-state index contributed by atoms with van der Waals surface area (Å²) in [6, 6.07) is 20.7. The lowest BCUT2D eigenvalue weighted by Gasteiger charge is -2.24. The van der Waals surface area contributed by atoms with Crippen LogP contribution in [0.25, 0.3) is 22.7 Å². The molecule has 1 atom stereocenters. The van der Waals surface area contributed by atoms with Crippen molar-refractivity contribution >= 4 is 51.3 Å². The van der Waals surface area contributed by atoms with Crippen LogP contribution in [0.2, 0.25) is 0 Å². The van der Waals surface area contributed by atoms with Crippen molar-refractivity contribution in [3.63, 3.8) is 0 Å². The van der Waals surface area contributed by atoms with Gasteiger partial charge in [-0.15, -0.1) is 17.8 Å². The maximum atomic E-state index is 14.0. The summed E-state index contributed by atoms with van der Waals surface area (Å²) in [5.74, 6) is 2.21. The second kappa shape index (κ2) is 10.4. The highest BCUT2D eigenvalue weighted by Crippen LogP contribution is 2.36. The number of hydrogen-bond donors (Lipinski definition) is 0. The molecular formula is C31H23N3O3S2. The van der Waals surface area contributed by atoms with Crippen molar-refractivity contribution in [2.75, 3.05) is 6.61 Å². The lowest BCUT2D eigenvalue weighted by atomic mass is 9.97. The number of fused-ring (bicyclic) bond motifs is 2. The molecule has 3 aromatic heterocycles. The van der Waals surface area contributed by atoms with E-state index >= 15 is 0 Å². The van der Waals surface area contributed by atoms with Gasteiger partial charge in [0.15, 0.2) is 4.80 Å². The van der Waals surface area contributed by atoms with Crippen LogP contribution in [-0.2, 0) is 16.1 Å². The molecule has 4 heterocycles. The number of rotatable bonds is 6. The maximum absolute atomic E-state index is 14.0. The number of hydrogen-bond acceptors (Lipinski definition) is 6. The highest BCUT2D eigenvalue weighted by Gasteiger charge is 2.35. The molecule has 0 fully saturated rings. The van der Waals surface area contributed by atoms with Gasteiger partial charge in [-0.05, 0) is 30.5 Å². The van der Waals surface area contributed by atoms with Crippen LogP contribution in [0.4, 0.5) is 0 Å². The van der Waals surface area contributed by atoms with Crippen LogP contribution < -0.4 is 14.9 Å². The number of terminal acetylenes is 1. The molecule has 1 aliphatic heterocycles. The summed E-state index contributed by atoms with van der Waals surface area (Å²) in [6.07, 6.45) is 9.46. The Labute approximate surface area is 232 Å². The molecule has 0 aliphatic carbocycles. The number of thiazole rings is 1. The van der Waals surface area contributed by atoms with E-state index in [0.717, 1.165) is 26.9 Å². The number of benzene rings is 2.